The van der Waals surface area contributed by atoms with E-state index in [1.54, 1.807) is 17.0 Å². The lowest BCUT2D eigenvalue weighted by molar-refractivity contribution is 0.393. The molecule has 0 saturated carbocycles. The quantitative estimate of drug-likeness (QED) is 0.856. The minimum Gasteiger partial charge on any atom is -0.352 e. The Morgan fingerprint density at radius 1 is 1.45 bits per heavy atom. The number of anilines is 1. The normalized spacial score (nSPS) is 19.3. The standard InChI is InChI=1S/C15H26N4O/c1-3-8-18-10-7-17-14(15(18)20)19-9-5-6-13(12-19)11-16-4-2/h7,10,13,16H,3-6,8-9,11-12H2,1-2H3. The highest BCUT2D eigenvalue weighted by Crippen LogP contribution is 2.18. The molecule has 0 bridgehead atoms. The zero-order valence-corrected chi connectivity index (χ0v) is 12.6. The fourth-order valence-corrected chi connectivity index (χ4v) is 2.84. The predicted molar refractivity (Wildman–Crippen MR) is 82.3 cm³/mol. The van der Waals surface area contributed by atoms with E-state index in [1.807, 2.05) is 0 Å². The zero-order valence-electron chi connectivity index (χ0n) is 12.6. The van der Waals surface area contributed by atoms with Gasteiger partial charge in [0.2, 0.25) is 0 Å². The maximum absolute atomic E-state index is 12.4. The summed E-state index contributed by atoms with van der Waals surface area (Å²) in [5, 5.41) is 3.41. The molecular weight excluding hydrogens is 252 g/mol. The number of nitrogens with one attached hydrogen (secondary N) is 1. The van der Waals surface area contributed by atoms with E-state index in [9.17, 15) is 4.79 Å². The lowest BCUT2D eigenvalue weighted by Crippen LogP contribution is -2.43. The molecule has 2 heterocycles. The van der Waals surface area contributed by atoms with Gasteiger partial charge in [-0.1, -0.05) is 13.8 Å². The van der Waals surface area contributed by atoms with Crippen LogP contribution in [0.3, 0.4) is 0 Å². The highest BCUT2D eigenvalue weighted by Gasteiger charge is 2.22. The number of hydrogen-bond donors (Lipinski definition) is 1. The second-order valence-corrected chi connectivity index (χ2v) is 5.51. The lowest BCUT2D eigenvalue weighted by atomic mass is 9.98. The van der Waals surface area contributed by atoms with Crippen molar-refractivity contribution in [3.8, 4) is 0 Å². The van der Waals surface area contributed by atoms with Crippen molar-refractivity contribution in [2.45, 2.75) is 39.7 Å². The number of rotatable bonds is 6. The van der Waals surface area contributed by atoms with Gasteiger partial charge in [-0.3, -0.25) is 4.79 Å². The van der Waals surface area contributed by atoms with E-state index in [0.717, 1.165) is 45.6 Å². The van der Waals surface area contributed by atoms with Crippen molar-refractivity contribution in [3.63, 3.8) is 0 Å². The van der Waals surface area contributed by atoms with Gasteiger partial charge in [0, 0.05) is 32.0 Å². The molecule has 1 aliphatic rings. The molecule has 1 atom stereocenters. The summed E-state index contributed by atoms with van der Waals surface area (Å²) in [5.41, 5.74) is 0.0541. The van der Waals surface area contributed by atoms with Gasteiger partial charge >= 0.3 is 0 Å². The fraction of sp³-hybridized carbons (Fsp3) is 0.733. The van der Waals surface area contributed by atoms with Crippen LogP contribution in [-0.4, -0.2) is 35.7 Å². The Morgan fingerprint density at radius 2 is 2.30 bits per heavy atom. The van der Waals surface area contributed by atoms with Gasteiger partial charge in [-0.25, -0.2) is 4.98 Å². The first-order valence-corrected chi connectivity index (χ1v) is 7.77. The minimum atomic E-state index is 0.0541. The summed E-state index contributed by atoms with van der Waals surface area (Å²) >= 11 is 0. The van der Waals surface area contributed by atoms with Crippen LogP contribution in [0, 0.1) is 5.92 Å². The topological polar surface area (TPSA) is 50.2 Å². The predicted octanol–water partition coefficient (Wildman–Crippen LogP) is 1.48. The first-order chi connectivity index (χ1) is 9.76. The number of hydrogen-bond acceptors (Lipinski definition) is 4. The first kappa shape index (κ1) is 15.0. The molecule has 1 fully saturated rings. The van der Waals surface area contributed by atoms with Crippen LogP contribution >= 0.6 is 0 Å². The minimum absolute atomic E-state index is 0.0541. The molecule has 5 nitrogen and oxygen atoms in total. The lowest BCUT2D eigenvalue weighted by Gasteiger charge is -2.33. The van der Waals surface area contributed by atoms with E-state index < -0.39 is 0 Å². The monoisotopic (exact) mass is 278 g/mol. The molecule has 0 aromatic carbocycles. The molecule has 1 unspecified atom stereocenters. The second kappa shape index (κ2) is 7.43. The van der Waals surface area contributed by atoms with E-state index in [4.69, 9.17) is 0 Å². The Morgan fingerprint density at radius 3 is 3.05 bits per heavy atom. The zero-order chi connectivity index (χ0) is 14.4. The molecule has 2 rings (SSSR count). The van der Waals surface area contributed by atoms with Crippen LogP contribution in [0.5, 0.6) is 0 Å². The molecule has 1 N–H and O–H groups in total. The summed E-state index contributed by atoms with van der Waals surface area (Å²) in [6.45, 7) is 8.89. The Balaban J connectivity index is 2.10. The summed E-state index contributed by atoms with van der Waals surface area (Å²) in [7, 11) is 0. The molecule has 5 heteroatoms. The van der Waals surface area contributed by atoms with Crippen LogP contribution in [-0.2, 0) is 6.54 Å². The van der Waals surface area contributed by atoms with Gasteiger partial charge in [-0.05, 0) is 38.3 Å². The van der Waals surface area contributed by atoms with Crippen molar-refractivity contribution in [1.82, 2.24) is 14.9 Å². The molecule has 0 spiro atoms. The van der Waals surface area contributed by atoms with Gasteiger partial charge in [0.25, 0.3) is 5.56 Å². The van der Waals surface area contributed by atoms with Gasteiger partial charge in [-0.2, -0.15) is 0 Å². The van der Waals surface area contributed by atoms with Crippen molar-refractivity contribution < 1.29 is 0 Å². The molecule has 112 valence electrons. The fourth-order valence-electron chi connectivity index (χ4n) is 2.84. The van der Waals surface area contributed by atoms with Gasteiger partial charge in [0.15, 0.2) is 5.82 Å². The summed E-state index contributed by atoms with van der Waals surface area (Å²) < 4.78 is 1.77. The Bertz CT molecular complexity index is 471. The smallest absolute Gasteiger partial charge is 0.293 e. The summed E-state index contributed by atoms with van der Waals surface area (Å²) in [6, 6.07) is 0. The number of aromatic nitrogens is 2. The summed E-state index contributed by atoms with van der Waals surface area (Å²) in [5.74, 6) is 1.24. The maximum atomic E-state index is 12.4. The Hall–Kier alpha value is -1.36. The molecule has 0 aliphatic carbocycles. The van der Waals surface area contributed by atoms with Crippen LogP contribution in [0.1, 0.15) is 33.1 Å². The van der Waals surface area contributed by atoms with Crippen LogP contribution in [0.2, 0.25) is 0 Å². The maximum Gasteiger partial charge on any atom is 0.293 e. The molecule has 1 aromatic rings. The van der Waals surface area contributed by atoms with E-state index in [1.165, 1.54) is 6.42 Å². The number of nitrogens with zero attached hydrogens (tertiary/aromatic N) is 3. The van der Waals surface area contributed by atoms with Crippen molar-refractivity contribution >= 4 is 5.82 Å². The van der Waals surface area contributed by atoms with E-state index in [-0.39, 0.29) is 5.56 Å². The number of aryl methyl sites for hydroxylation is 1. The molecule has 1 saturated heterocycles. The van der Waals surface area contributed by atoms with Crippen LogP contribution in [0.25, 0.3) is 0 Å². The number of piperidine rings is 1. The van der Waals surface area contributed by atoms with Gasteiger partial charge < -0.3 is 14.8 Å². The van der Waals surface area contributed by atoms with Gasteiger partial charge in [-0.15, -0.1) is 0 Å². The van der Waals surface area contributed by atoms with E-state index in [2.05, 4.69) is 29.0 Å². The average molecular weight is 278 g/mol. The molecule has 0 amide bonds. The Labute approximate surface area is 121 Å². The molecule has 1 aliphatic heterocycles. The van der Waals surface area contributed by atoms with Crippen molar-refractivity contribution in [2.75, 3.05) is 31.1 Å². The third-order valence-corrected chi connectivity index (χ3v) is 3.86. The highest BCUT2D eigenvalue weighted by molar-refractivity contribution is 5.36. The van der Waals surface area contributed by atoms with Crippen LogP contribution in [0.4, 0.5) is 5.82 Å². The van der Waals surface area contributed by atoms with E-state index >= 15 is 0 Å². The van der Waals surface area contributed by atoms with Crippen LogP contribution < -0.4 is 15.8 Å². The summed E-state index contributed by atoms with van der Waals surface area (Å²) in [6.07, 6.45) is 6.88. The van der Waals surface area contributed by atoms with E-state index in [0.29, 0.717) is 11.7 Å². The van der Waals surface area contributed by atoms with Crippen molar-refractivity contribution in [3.05, 3.63) is 22.7 Å². The average Bonchev–Trinajstić information content (AvgIpc) is 2.48. The van der Waals surface area contributed by atoms with Crippen molar-refractivity contribution in [1.29, 1.82) is 0 Å². The first-order valence-electron chi connectivity index (χ1n) is 7.77. The highest BCUT2D eigenvalue weighted by atomic mass is 16.1. The van der Waals surface area contributed by atoms with Crippen molar-refractivity contribution in [2.24, 2.45) is 5.92 Å². The Kier molecular flexibility index (Phi) is 5.59. The molecule has 20 heavy (non-hydrogen) atoms. The largest absolute Gasteiger partial charge is 0.352 e. The summed E-state index contributed by atoms with van der Waals surface area (Å²) in [4.78, 5) is 18.9. The molecular formula is C15H26N4O. The van der Waals surface area contributed by atoms with Crippen LogP contribution in [0.15, 0.2) is 17.2 Å². The third kappa shape index (κ3) is 3.60. The van der Waals surface area contributed by atoms with Gasteiger partial charge in [0.1, 0.15) is 0 Å². The third-order valence-electron chi connectivity index (χ3n) is 3.86. The SMILES string of the molecule is CCCn1ccnc(N2CCCC(CNCC)C2)c1=O. The van der Waals surface area contributed by atoms with Gasteiger partial charge in [0.05, 0.1) is 0 Å². The molecule has 0 radical (unpaired) electrons. The molecule has 1 aromatic heterocycles. The second-order valence-electron chi connectivity index (χ2n) is 5.51.